The molecule has 1 aromatic carbocycles. The quantitative estimate of drug-likeness (QED) is 0.791. The maximum atomic E-state index is 11.7. The van der Waals surface area contributed by atoms with Crippen molar-refractivity contribution in [3.05, 3.63) is 29.8 Å². The molecule has 0 aliphatic carbocycles. The number of hydrogen-bond acceptors (Lipinski definition) is 3. The number of methoxy groups -OCH3 is 1. The van der Waals surface area contributed by atoms with Crippen LogP contribution < -0.4 is 10.1 Å². The molecule has 0 fully saturated rings. The highest BCUT2D eigenvalue weighted by molar-refractivity contribution is 5.77. The standard InChI is InChI=1S/C16H26N2O2/c1-5-18(3)16(19)12-17-13(2)6-7-14-8-10-15(20-4)11-9-14/h8-11,13,17H,5-7,12H2,1-4H3. The molecule has 1 atom stereocenters. The Bertz CT molecular complexity index is 403. The van der Waals surface area contributed by atoms with Crippen molar-refractivity contribution in [2.24, 2.45) is 0 Å². The minimum Gasteiger partial charge on any atom is -0.497 e. The van der Waals surface area contributed by atoms with Crippen molar-refractivity contribution < 1.29 is 9.53 Å². The molecule has 1 amide bonds. The molecular weight excluding hydrogens is 252 g/mol. The van der Waals surface area contributed by atoms with E-state index in [1.807, 2.05) is 26.1 Å². The van der Waals surface area contributed by atoms with Gasteiger partial charge in [-0.25, -0.2) is 0 Å². The monoisotopic (exact) mass is 278 g/mol. The van der Waals surface area contributed by atoms with Crippen LogP contribution in [0.3, 0.4) is 0 Å². The smallest absolute Gasteiger partial charge is 0.236 e. The summed E-state index contributed by atoms with van der Waals surface area (Å²) in [6.07, 6.45) is 2.01. The molecule has 0 spiro atoms. The summed E-state index contributed by atoms with van der Waals surface area (Å²) >= 11 is 0. The third-order valence-electron chi connectivity index (χ3n) is 3.53. The molecule has 0 bridgehead atoms. The van der Waals surface area contributed by atoms with E-state index in [-0.39, 0.29) is 5.91 Å². The Morgan fingerprint density at radius 2 is 2.00 bits per heavy atom. The van der Waals surface area contributed by atoms with Crippen LogP contribution in [0.2, 0.25) is 0 Å². The maximum Gasteiger partial charge on any atom is 0.236 e. The van der Waals surface area contributed by atoms with Gasteiger partial charge < -0.3 is 15.0 Å². The van der Waals surface area contributed by atoms with Crippen LogP contribution >= 0.6 is 0 Å². The Morgan fingerprint density at radius 1 is 1.35 bits per heavy atom. The summed E-state index contributed by atoms with van der Waals surface area (Å²) in [7, 11) is 3.50. The Hall–Kier alpha value is -1.55. The van der Waals surface area contributed by atoms with Gasteiger partial charge in [0.15, 0.2) is 0 Å². The molecule has 0 saturated carbocycles. The van der Waals surface area contributed by atoms with Gasteiger partial charge in [-0.1, -0.05) is 12.1 Å². The SMILES string of the molecule is CCN(C)C(=O)CNC(C)CCc1ccc(OC)cc1. The van der Waals surface area contributed by atoms with Crippen LogP contribution in [0.15, 0.2) is 24.3 Å². The Balaban J connectivity index is 2.28. The normalized spacial score (nSPS) is 12.0. The molecule has 1 unspecified atom stereocenters. The number of amides is 1. The fourth-order valence-electron chi connectivity index (χ4n) is 1.85. The molecule has 1 aromatic rings. The topological polar surface area (TPSA) is 41.6 Å². The molecule has 4 nitrogen and oxygen atoms in total. The first-order chi connectivity index (χ1) is 9.56. The van der Waals surface area contributed by atoms with Crippen molar-refractivity contribution in [1.82, 2.24) is 10.2 Å². The summed E-state index contributed by atoms with van der Waals surface area (Å²) in [6, 6.07) is 8.45. The largest absolute Gasteiger partial charge is 0.497 e. The number of nitrogens with one attached hydrogen (secondary N) is 1. The Morgan fingerprint density at radius 3 is 2.55 bits per heavy atom. The first-order valence-electron chi connectivity index (χ1n) is 7.17. The fourth-order valence-corrected chi connectivity index (χ4v) is 1.85. The van der Waals surface area contributed by atoms with Crippen molar-refractivity contribution in [3.63, 3.8) is 0 Å². The van der Waals surface area contributed by atoms with Gasteiger partial charge in [0.1, 0.15) is 5.75 Å². The number of nitrogens with zero attached hydrogens (tertiary/aromatic N) is 1. The highest BCUT2D eigenvalue weighted by atomic mass is 16.5. The van der Waals surface area contributed by atoms with Crippen molar-refractivity contribution in [2.75, 3.05) is 27.2 Å². The third-order valence-corrected chi connectivity index (χ3v) is 3.53. The summed E-state index contributed by atoms with van der Waals surface area (Å²) in [5.74, 6) is 1.02. The molecule has 1 N–H and O–H groups in total. The lowest BCUT2D eigenvalue weighted by Crippen LogP contribution is -2.39. The van der Waals surface area contributed by atoms with E-state index in [1.165, 1.54) is 5.56 Å². The molecule has 4 heteroatoms. The van der Waals surface area contributed by atoms with Gasteiger partial charge in [-0.15, -0.1) is 0 Å². The Kier molecular flexibility index (Phi) is 7.09. The van der Waals surface area contributed by atoms with E-state index < -0.39 is 0 Å². The number of hydrogen-bond donors (Lipinski definition) is 1. The Labute approximate surface area is 122 Å². The van der Waals surface area contributed by atoms with E-state index in [0.717, 1.165) is 25.1 Å². The third kappa shape index (κ3) is 5.61. The summed E-state index contributed by atoms with van der Waals surface area (Å²) < 4.78 is 5.14. The summed E-state index contributed by atoms with van der Waals surface area (Å²) in [6.45, 7) is 5.25. The molecular formula is C16H26N2O2. The number of benzene rings is 1. The molecule has 0 radical (unpaired) electrons. The van der Waals surface area contributed by atoms with Gasteiger partial charge in [0.2, 0.25) is 5.91 Å². The van der Waals surface area contributed by atoms with Gasteiger partial charge in [0.05, 0.1) is 13.7 Å². The van der Waals surface area contributed by atoms with Gasteiger partial charge >= 0.3 is 0 Å². The van der Waals surface area contributed by atoms with E-state index in [9.17, 15) is 4.79 Å². The lowest BCUT2D eigenvalue weighted by molar-refractivity contribution is -0.128. The van der Waals surface area contributed by atoms with Crippen LogP contribution in [0.25, 0.3) is 0 Å². The van der Waals surface area contributed by atoms with Crippen LogP contribution in [-0.2, 0) is 11.2 Å². The van der Waals surface area contributed by atoms with E-state index in [0.29, 0.717) is 12.6 Å². The number of rotatable bonds is 8. The average Bonchev–Trinajstić information content (AvgIpc) is 2.50. The van der Waals surface area contributed by atoms with Crippen molar-refractivity contribution in [1.29, 1.82) is 0 Å². The highest BCUT2D eigenvalue weighted by Crippen LogP contribution is 2.13. The summed E-state index contributed by atoms with van der Waals surface area (Å²) in [4.78, 5) is 13.4. The zero-order chi connectivity index (χ0) is 15.0. The van der Waals surface area contributed by atoms with Gasteiger partial charge in [-0.2, -0.15) is 0 Å². The van der Waals surface area contributed by atoms with Gasteiger partial charge in [-0.3, -0.25) is 4.79 Å². The molecule has 20 heavy (non-hydrogen) atoms. The number of carbonyl (C=O) groups excluding carboxylic acids is 1. The molecule has 0 heterocycles. The van der Waals surface area contributed by atoms with Gasteiger partial charge in [0.25, 0.3) is 0 Å². The predicted molar refractivity (Wildman–Crippen MR) is 82.1 cm³/mol. The van der Waals surface area contributed by atoms with E-state index >= 15 is 0 Å². The van der Waals surface area contributed by atoms with Crippen LogP contribution in [0.5, 0.6) is 5.75 Å². The second kappa shape index (κ2) is 8.59. The first-order valence-corrected chi connectivity index (χ1v) is 7.17. The molecule has 0 aromatic heterocycles. The van der Waals surface area contributed by atoms with Crippen molar-refractivity contribution >= 4 is 5.91 Å². The molecule has 0 aliphatic rings. The second-order valence-electron chi connectivity index (χ2n) is 5.08. The van der Waals surface area contributed by atoms with Crippen molar-refractivity contribution in [3.8, 4) is 5.75 Å². The fraction of sp³-hybridized carbons (Fsp3) is 0.562. The minimum atomic E-state index is 0.142. The molecule has 0 aliphatic heterocycles. The second-order valence-corrected chi connectivity index (χ2v) is 5.08. The van der Waals surface area contributed by atoms with Crippen LogP contribution in [0.4, 0.5) is 0 Å². The number of likely N-dealkylation sites (N-methyl/N-ethyl adjacent to an activating group) is 1. The molecule has 112 valence electrons. The average molecular weight is 278 g/mol. The number of aryl methyl sites for hydroxylation is 1. The van der Waals surface area contributed by atoms with Crippen LogP contribution in [0, 0.1) is 0 Å². The predicted octanol–water partition coefficient (Wildman–Crippen LogP) is 2.08. The van der Waals surface area contributed by atoms with Crippen LogP contribution in [0.1, 0.15) is 25.8 Å². The van der Waals surface area contributed by atoms with E-state index in [1.54, 1.807) is 12.0 Å². The molecule has 1 rings (SSSR count). The van der Waals surface area contributed by atoms with E-state index in [4.69, 9.17) is 4.74 Å². The number of carbonyl (C=O) groups is 1. The maximum absolute atomic E-state index is 11.7. The van der Waals surface area contributed by atoms with Gasteiger partial charge in [-0.05, 0) is 44.4 Å². The highest BCUT2D eigenvalue weighted by Gasteiger charge is 2.08. The minimum absolute atomic E-state index is 0.142. The first kappa shape index (κ1) is 16.5. The molecule has 0 saturated heterocycles. The van der Waals surface area contributed by atoms with E-state index in [2.05, 4.69) is 24.4 Å². The summed E-state index contributed by atoms with van der Waals surface area (Å²) in [5, 5.41) is 3.27. The lowest BCUT2D eigenvalue weighted by atomic mass is 10.1. The zero-order valence-corrected chi connectivity index (χ0v) is 13.0. The number of ether oxygens (including phenoxy) is 1. The van der Waals surface area contributed by atoms with Crippen molar-refractivity contribution in [2.45, 2.75) is 32.7 Å². The van der Waals surface area contributed by atoms with Crippen LogP contribution in [-0.4, -0.2) is 44.1 Å². The van der Waals surface area contributed by atoms with Gasteiger partial charge in [0, 0.05) is 19.6 Å². The lowest BCUT2D eigenvalue weighted by Gasteiger charge is -2.18. The summed E-state index contributed by atoms with van der Waals surface area (Å²) in [5.41, 5.74) is 1.29. The zero-order valence-electron chi connectivity index (χ0n) is 13.0.